The summed E-state index contributed by atoms with van der Waals surface area (Å²) in [6, 6.07) is 4.15. The number of aromatic nitrogens is 2. The summed E-state index contributed by atoms with van der Waals surface area (Å²) in [4.78, 5) is 30.4. The SMILES string of the molecule is Cc1cc2c(cn1)cc(C1CC(NC(=O)C3SCCC3C)CCC1C)c(=O)n2C. The van der Waals surface area contributed by atoms with Crippen LogP contribution in [-0.4, -0.2) is 32.5 Å². The zero-order valence-electron chi connectivity index (χ0n) is 17.8. The Labute approximate surface area is 176 Å². The molecule has 0 aromatic carbocycles. The Hall–Kier alpha value is -1.82. The summed E-state index contributed by atoms with van der Waals surface area (Å²) in [5.74, 6) is 2.29. The molecular formula is C23H31N3O2S. The van der Waals surface area contributed by atoms with Crippen molar-refractivity contribution in [2.24, 2.45) is 18.9 Å². The first kappa shape index (κ1) is 20.5. The molecule has 5 unspecified atom stereocenters. The van der Waals surface area contributed by atoms with Gasteiger partial charge in [-0.15, -0.1) is 11.8 Å². The van der Waals surface area contributed by atoms with Crippen LogP contribution in [0.3, 0.4) is 0 Å². The highest BCUT2D eigenvalue weighted by Gasteiger charge is 2.35. The minimum Gasteiger partial charge on any atom is -0.352 e. The van der Waals surface area contributed by atoms with Crippen LogP contribution >= 0.6 is 11.8 Å². The van der Waals surface area contributed by atoms with Crippen molar-refractivity contribution in [3.05, 3.63) is 39.9 Å². The number of nitrogens with zero attached hydrogens (tertiary/aromatic N) is 2. The fraction of sp³-hybridized carbons (Fsp3) is 0.609. The Balaban J connectivity index is 1.59. The van der Waals surface area contributed by atoms with Crippen molar-refractivity contribution in [3.8, 4) is 0 Å². The van der Waals surface area contributed by atoms with Gasteiger partial charge in [0.1, 0.15) is 0 Å². The Morgan fingerprint density at radius 1 is 1.21 bits per heavy atom. The highest BCUT2D eigenvalue weighted by Crippen LogP contribution is 2.38. The van der Waals surface area contributed by atoms with Crippen molar-refractivity contribution in [3.63, 3.8) is 0 Å². The lowest BCUT2D eigenvalue weighted by atomic mass is 9.74. The fourth-order valence-corrected chi connectivity index (χ4v) is 6.40. The number of amides is 1. The van der Waals surface area contributed by atoms with E-state index in [2.05, 4.69) is 24.1 Å². The van der Waals surface area contributed by atoms with Crippen LogP contribution < -0.4 is 10.9 Å². The minimum absolute atomic E-state index is 0.0758. The smallest absolute Gasteiger partial charge is 0.254 e. The van der Waals surface area contributed by atoms with Gasteiger partial charge in [0.2, 0.25) is 5.91 Å². The number of rotatable bonds is 3. The summed E-state index contributed by atoms with van der Waals surface area (Å²) in [7, 11) is 1.85. The van der Waals surface area contributed by atoms with Gasteiger partial charge in [0.25, 0.3) is 5.56 Å². The minimum atomic E-state index is 0.0758. The molecule has 1 aliphatic heterocycles. The van der Waals surface area contributed by atoms with Crippen LogP contribution in [0.25, 0.3) is 10.9 Å². The predicted octanol–water partition coefficient (Wildman–Crippen LogP) is 3.77. The van der Waals surface area contributed by atoms with Gasteiger partial charge < -0.3 is 9.88 Å². The maximum Gasteiger partial charge on any atom is 0.254 e. The molecule has 29 heavy (non-hydrogen) atoms. The van der Waals surface area contributed by atoms with Crippen molar-refractivity contribution < 1.29 is 4.79 Å². The average molecular weight is 414 g/mol. The number of carbonyl (C=O) groups excluding carboxylic acids is 1. The van der Waals surface area contributed by atoms with Gasteiger partial charge in [0, 0.05) is 35.9 Å². The van der Waals surface area contributed by atoms with E-state index in [4.69, 9.17) is 0 Å². The van der Waals surface area contributed by atoms with Crippen LogP contribution in [0.15, 0.2) is 23.1 Å². The number of pyridine rings is 2. The lowest BCUT2D eigenvalue weighted by Gasteiger charge is -2.35. The molecule has 1 saturated heterocycles. The van der Waals surface area contributed by atoms with E-state index in [1.165, 1.54) is 0 Å². The molecule has 2 aromatic heterocycles. The Morgan fingerprint density at radius 3 is 2.72 bits per heavy atom. The molecule has 2 aromatic rings. The second-order valence-electron chi connectivity index (χ2n) is 9.01. The average Bonchev–Trinajstić information content (AvgIpc) is 3.13. The molecule has 0 bridgehead atoms. The second-order valence-corrected chi connectivity index (χ2v) is 10.3. The molecule has 2 fully saturated rings. The van der Waals surface area contributed by atoms with Crippen LogP contribution in [0, 0.1) is 18.8 Å². The molecule has 5 nitrogen and oxygen atoms in total. The summed E-state index contributed by atoms with van der Waals surface area (Å²) in [5, 5.41) is 4.39. The highest BCUT2D eigenvalue weighted by molar-refractivity contribution is 8.00. The van der Waals surface area contributed by atoms with E-state index in [9.17, 15) is 9.59 Å². The first-order valence-corrected chi connectivity index (χ1v) is 11.8. The van der Waals surface area contributed by atoms with E-state index in [0.717, 1.165) is 53.6 Å². The summed E-state index contributed by atoms with van der Waals surface area (Å²) in [6.45, 7) is 6.34. The van der Waals surface area contributed by atoms with E-state index < -0.39 is 0 Å². The lowest BCUT2D eigenvalue weighted by molar-refractivity contribution is -0.122. The highest BCUT2D eigenvalue weighted by atomic mass is 32.2. The molecule has 0 spiro atoms. The lowest BCUT2D eigenvalue weighted by Crippen LogP contribution is -2.45. The summed E-state index contributed by atoms with van der Waals surface area (Å²) < 4.78 is 1.76. The van der Waals surface area contributed by atoms with Gasteiger partial charge >= 0.3 is 0 Å². The quantitative estimate of drug-likeness (QED) is 0.832. The maximum absolute atomic E-state index is 13.2. The largest absolute Gasteiger partial charge is 0.352 e. The van der Waals surface area contributed by atoms with Gasteiger partial charge in [-0.05, 0) is 68.2 Å². The van der Waals surface area contributed by atoms with Crippen molar-refractivity contribution in [1.29, 1.82) is 0 Å². The monoisotopic (exact) mass is 413 g/mol. The molecule has 1 saturated carbocycles. The van der Waals surface area contributed by atoms with Crippen LogP contribution in [0.5, 0.6) is 0 Å². The molecule has 1 N–H and O–H groups in total. The summed E-state index contributed by atoms with van der Waals surface area (Å²) in [6.07, 6.45) is 5.83. The number of hydrogen-bond acceptors (Lipinski definition) is 4. The Morgan fingerprint density at radius 2 is 2.00 bits per heavy atom. The number of thioether (sulfide) groups is 1. The first-order chi connectivity index (χ1) is 13.8. The van der Waals surface area contributed by atoms with Crippen molar-refractivity contribution in [2.75, 3.05) is 5.75 Å². The molecule has 3 heterocycles. The van der Waals surface area contributed by atoms with Crippen molar-refractivity contribution in [2.45, 2.75) is 63.7 Å². The Kier molecular flexibility index (Phi) is 5.74. The van der Waals surface area contributed by atoms with Gasteiger partial charge in [0.15, 0.2) is 0 Å². The van der Waals surface area contributed by atoms with Gasteiger partial charge in [-0.2, -0.15) is 0 Å². The van der Waals surface area contributed by atoms with Crippen molar-refractivity contribution >= 4 is 28.6 Å². The standard InChI is InChI=1S/C23H31N3O2S/c1-13-5-6-17(25-22(27)21-14(2)7-8-29-21)11-18(13)19-10-16-12-24-15(3)9-20(16)26(4)23(19)28/h9-10,12-14,17-18,21H,5-8,11H2,1-4H3,(H,25,27). The molecule has 1 aliphatic carbocycles. The third kappa shape index (κ3) is 3.96. The van der Waals surface area contributed by atoms with Crippen LogP contribution in [0.1, 0.15) is 56.7 Å². The summed E-state index contributed by atoms with van der Waals surface area (Å²) >= 11 is 1.78. The second kappa shape index (κ2) is 8.13. The zero-order chi connectivity index (χ0) is 20.7. The van der Waals surface area contributed by atoms with E-state index >= 15 is 0 Å². The molecule has 5 atom stereocenters. The van der Waals surface area contributed by atoms with Crippen molar-refractivity contribution in [1.82, 2.24) is 14.9 Å². The zero-order valence-corrected chi connectivity index (χ0v) is 18.6. The van der Waals surface area contributed by atoms with E-state index in [-0.39, 0.29) is 28.7 Å². The fourth-order valence-electron chi connectivity index (χ4n) is 4.96. The molecule has 6 heteroatoms. The van der Waals surface area contributed by atoms with Crippen LogP contribution in [0.2, 0.25) is 0 Å². The van der Waals surface area contributed by atoms with Gasteiger partial charge in [-0.25, -0.2) is 0 Å². The predicted molar refractivity (Wildman–Crippen MR) is 119 cm³/mol. The molecule has 0 radical (unpaired) electrons. The van der Waals surface area contributed by atoms with Crippen LogP contribution in [-0.2, 0) is 11.8 Å². The van der Waals surface area contributed by atoms with E-state index in [1.807, 2.05) is 32.3 Å². The number of nitrogens with one attached hydrogen (secondary N) is 1. The summed E-state index contributed by atoms with van der Waals surface area (Å²) in [5.41, 5.74) is 2.77. The number of carbonyl (C=O) groups is 1. The Bertz CT molecular complexity index is 986. The molecule has 1 amide bonds. The van der Waals surface area contributed by atoms with E-state index in [0.29, 0.717) is 11.8 Å². The normalized spacial score (nSPS) is 29.9. The van der Waals surface area contributed by atoms with Gasteiger partial charge in [-0.3, -0.25) is 14.6 Å². The van der Waals surface area contributed by atoms with Gasteiger partial charge in [0.05, 0.1) is 10.8 Å². The third-order valence-corrected chi connectivity index (χ3v) is 8.37. The maximum atomic E-state index is 13.2. The number of aryl methyl sites for hydroxylation is 2. The number of hydrogen-bond donors (Lipinski definition) is 1. The van der Waals surface area contributed by atoms with Crippen LogP contribution in [0.4, 0.5) is 0 Å². The van der Waals surface area contributed by atoms with Gasteiger partial charge in [-0.1, -0.05) is 13.8 Å². The molecular weight excluding hydrogens is 382 g/mol. The number of fused-ring (bicyclic) bond motifs is 1. The third-order valence-electron chi connectivity index (χ3n) is 6.86. The molecule has 156 valence electrons. The first-order valence-electron chi connectivity index (χ1n) is 10.7. The molecule has 2 aliphatic rings. The van der Waals surface area contributed by atoms with E-state index in [1.54, 1.807) is 16.3 Å². The topological polar surface area (TPSA) is 64.0 Å². The molecule has 4 rings (SSSR count).